The maximum absolute atomic E-state index is 12.0. The van der Waals surface area contributed by atoms with E-state index in [0.717, 1.165) is 0 Å². The van der Waals surface area contributed by atoms with Crippen molar-refractivity contribution in [2.24, 2.45) is 0 Å². The molecule has 4 nitrogen and oxygen atoms in total. The Kier molecular flexibility index (Phi) is 2.99. The molecule has 0 aliphatic carbocycles. The summed E-state index contributed by atoms with van der Waals surface area (Å²) in [5.74, 6) is -6.66. The summed E-state index contributed by atoms with van der Waals surface area (Å²) in [7, 11) is 0. The molecule has 94 valence electrons. The van der Waals surface area contributed by atoms with Gasteiger partial charge in [-0.3, -0.25) is 4.79 Å². The number of halogens is 6. The number of alkyl halides is 6. The second-order valence-electron chi connectivity index (χ2n) is 2.81. The highest BCUT2D eigenvalue weighted by molar-refractivity contribution is 5.99. The molecular formula is C7H3F6N2O2+. The fraction of sp³-hybridized carbons (Fsp3) is 0.286. The number of hydrogen-bond acceptors (Lipinski definition) is 2. The molecule has 0 aliphatic heterocycles. The molecule has 0 saturated carbocycles. The molecule has 0 fully saturated rings. The lowest BCUT2D eigenvalue weighted by molar-refractivity contribution is -0.382. The second-order valence-corrected chi connectivity index (χ2v) is 2.81. The number of ketones is 1. The Morgan fingerprint density at radius 1 is 1.06 bits per heavy atom. The van der Waals surface area contributed by atoms with Crippen LogP contribution in [-0.2, 0) is 0 Å². The second kappa shape index (κ2) is 3.86. The number of carbonyl (C=O) groups excluding carboxylic acids is 2. The summed E-state index contributed by atoms with van der Waals surface area (Å²) in [5, 5.41) is 0. The molecule has 1 rings (SSSR count). The minimum Gasteiger partial charge on any atom is -0.275 e. The summed E-state index contributed by atoms with van der Waals surface area (Å²) < 4.78 is 71.4. The van der Waals surface area contributed by atoms with Crippen molar-refractivity contribution in [2.45, 2.75) is 12.4 Å². The van der Waals surface area contributed by atoms with Crippen LogP contribution in [0.4, 0.5) is 26.3 Å². The lowest BCUT2D eigenvalue weighted by Gasteiger charge is -2.03. The first kappa shape index (κ1) is 13.2. The van der Waals surface area contributed by atoms with E-state index in [9.17, 15) is 35.9 Å². The first-order chi connectivity index (χ1) is 7.55. The molecule has 0 spiro atoms. The SMILES string of the molecule is O=C(c1[nH+]ccn1C(=O)C(F)(F)F)C(F)(F)F. The van der Waals surface area contributed by atoms with Gasteiger partial charge in [0.15, 0.2) is 0 Å². The van der Waals surface area contributed by atoms with E-state index in [2.05, 4.69) is 0 Å². The van der Waals surface area contributed by atoms with E-state index in [-0.39, 0.29) is 0 Å². The van der Waals surface area contributed by atoms with Gasteiger partial charge in [0.2, 0.25) is 0 Å². The van der Waals surface area contributed by atoms with Crippen LogP contribution in [-0.4, -0.2) is 28.6 Å². The van der Waals surface area contributed by atoms with Gasteiger partial charge < -0.3 is 0 Å². The summed E-state index contributed by atoms with van der Waals surface area (Å²) in [6.07, 6.45) is -9.76. The molecular weight excluding hydrogens is 258 g/mol. The van der Waals surface area contributed by atoms with Crippen molar-refractivity contribution in [1.82, 2.24) is 4.57 Å². The van der Waals surface area contributed by atoms with Gasteiger partial charge in [-0.1, -0.05) is 0 Å². The topological polar surface area (TPSA) is 53.2 Å². The standard InChI is InChI=1S/C7H2F6N2O2/c8-6(9,10)3(16)4-14-1-2-15(4)5(17)7(11,12)13/h1-2H/p+1. The van der Waals surface area contributed by atoms with Crippen LogP contribution >= 0.6 is 0 Å². The number of aromatic amines is 1. The fourth-order valence-electron chi connectivity index (χ4n) is 0.950. The largest absolute Gasteiger partial charge is 0.495 e. The van der Waals surface area contributed by atoms with E-state index in [4.69, 9.17) is 0 Å². The minimum atomic E-state index is -5.38. The van der Waals surface area contributed by atoms with Gasteiger partial charge in [-0.15, -0.1) is 0 Å². The molecule has 0 unspecified atom stereocenters. The van der Waals surface area contributed by atoms with Crippen molar-refractivity contribution in [3.8, 4) is 0 Å². The van der Waals surface area contributed by atoms with Crippen LogP contribution < -0.4 is 4.98 Å². The number of aromatic nitrogens is 2. The molecule has 0 aromatic carbocycles. The van der Waals surface area contributed by atoms with Crippen LogP contribution in [0, 0.1) is 0 Å². The van der Waals surface area contributed by atoms with Crippen molar-refractivity contribution < 1.29 is 40.9 Å². The minimum absolute atomic E-state index is 0.384. The lowest BCUT2D eigenvalue weighted by atomic mass is 10.3. The predicted molar refractivity (Wildman–Crippen MR) is 38.1 cm³/mol. The molecule has 0 radical (unpaired) electrons. The molecule has 1 aromatic rings. The van der Waals surface area contributed by atoms with Gasteiger partial charge in [0.05, 0.1) is 0 Å². The summed E-state index contributed by atoms with van der Waals surface area (Å²) in [4.78, 5) is 23.0. The molecule has 0 aliphatic rings. The molecule has 1 N–H and O–H groups in total. The molecule has 17 heavy (non-hydrogen) atoms. The molecule has 0 bridgehead atoms. The number of imidazole rings is 1. The van der Waals surface area contributed by atoms with Crippen molar-refractivity contribution >= 4 is 11.7 Å². The first-order valence-corrected chi connectivity index (χ1v) is 3.87. The summed E-state index contributed by atoms with van der Waals surface area (Å²) in [6.45, 7) is 0. The Hall–Kier alpha value is -1.87. The van der Waals surface area contributed by atoms with E-state index >= 15 is 0 Å². The molecule has 10 heteroatoms. The third-order valence-corrected chi connectivity index (χ3v) is 1.62. The van der Waals surface area contributed by atoms with E-state index in [1.165, 1.54) is 0 Å². The van der Waals surface area contributed by atoms with Gasteiger partial charge in [-0.2, -0.15) is 30.9 Å². The van der Waals surface area contributed by atoms with Gasteiger partial charge in [0.1, 0.15) is 12.4 Å². The van der Waals surface area contributed by atoms with Gasteiger partial charge in [0.25, 0.3) is 0 Å². The highest BCUT2D eigenvalue weighted by Crippen LogP contribution is 2.22. The summed E-state index contributed by atoms with van der Waals surface area (Å²) in [5.41, 5.74) is 0. The Morgan fingerprint density at radius 3 is 2.00 bits per heavy atom. The van der Waals surface area contributed by atoms with Crippen molar-refractivity contribution in [2.75, 3.05) is 0 Å². The predicted octanol–water partition coefficient (Wildman–Crippen LogP) is 1.25. The summed E-state index contributed by atoms with van der Waals surface area (Å²) >= 11 is 0. The van der Waals surface area contributed by atoms with Crippen LogP contribution in [0.1, 0.15) is 15.4 Å². The van der Waals surface area contributed by atoms with Crippen LogP contribution in [0.3, 0.4) is 0 Å². The van der Waals surface area contributed by atoms with E-state index < -0.39 is 34.4 Å². The van der Waals surface area contributed by atoms with Crippen molar-refractivity contribution in [3.63, 3.8) is 0 Å². The number of nitrogens with one attached hydrogen (secondary N) is 1. The fourth-order valence-corrected chi connectivity index (χ4v) is 0.950. The van der Waals surface area contributed by atoms with Crippen molar-refractivity contribution in [1.29, 1.82) is 0 Å². The highest BCUT2D eigenvalue weighted by Gasteiger charge is 2.51. The van der Waals surface area contributed by atoms with Gasteiger partial charge in [-0.05, 0) is 0 Å². The number of nitrogens with zero attached hydrogens (tertiary/aromatic N) is 1. The third kappa shape index (κ3) is 2.63. The molecule has 1 heterocycles. The third-order valence-electron chi connectivity index (χ3n) is 1.62. The molecule has 0 saturated heterocycles. The number of carbonyl (C=O) groups is 2. The molecule has 1 aromatic heterocycles. The average Bonchev–Trinajstić information content (AvgIpc) is 2.60. The Bertz CT molecular complexity index is 417. The Morgan fingerprint density at radius 2 is 1.59 bits per heavy atom. The lowest BCUT2D eigenvalue weighted by Crippen LogP contribution is -2.37. The summed E-state index contributed by atoms with van der Waals surface area (Å²) in [6, 6.07) is 0. The van der Waals surface area contributed by atoms with Gasteiger partial charge in [0, 0.05) is 0 Å². The van der Waals surface area contributed by atoms with Gasteiger partial charge in [-0.25, -0.2) is 9.78 Å². The zero-order chi connectivity index (χ0) is 13.4. The first-order valence-electron chi connectivity index (χ1n) is 3.87. The zero-order valence-corrected chi connectivity index (χ0v) is 7.69. The monoisotopic (exact) mass is 261 g/mol. The number of rotatable bonds is 1. The smallest absolute Gasteiger partial charge is 0.275 e. The normalized spacial score (nSPS) is 12.6. The maximum Gasteiger partial charge on any atom is 0.495 e. The van der Waals surface area contributed by atoms with Crippen LogP contribution in [0.25, 0.3) is 0 Å². The van der Waals surface area contributed by atoms with E-state index in [0.29, 0.717) is 12.4 Å². The molecule has 0 amide bonds. The Labute approximate surface area is 88.8 Å². The quantitative estimate of drug-likeness (QED) is 0.564. The Balaban J connectivity index is 3.20. The van der Waals surface area contributed by atoms with Crippen LogP contribution in [0.15, 0.2) is 12.4 Å². The molecule has 0 atom stereocenters. The number of H-pyrrole nitrogens is 1. The van der Waals surface area contributed by atoms with Gasteiger partial charge >= 0.3 is 29.9 Å². The number of hydrogen-bond donors (Lipinski definition) is 0. The average molecular weight is 261 g/mol. The van der Waals surface area contributed by atoms with Crippen LogP contribution in [0.5, 0.6) is 0 Å². The van der Waals surface area contributed by atoms with Crippen molar-refractivity contribution in [3.05, 3.63) is 18.2 Å². The highest BCUT2D eigenvalue weighted by atomic mass is 19.4. The maximum atomic E-state index is 12.0. The van der Waals surface area contributed by atoms with E-state index in [1.807, 2.05) is 0 Å². The van der Waals surface area contributed by atoms with E-state index in [1.54, 1.807) is 4.98 Å². The van der Waals surface area contributed by atoms with Crippen LogP contribution in [0.2, 0.25) is 0 Å². The number of Topliss-reactive ketones (excluding diaryl/α,β-unsaturated/α-hetero) is 1. The zero-order valence-electron chi connectivity index (χ0n) is 7.69.